The summed E-state index contributed by atoms with van der Waals surface area (Å²) in [7, 11) is -3.36. The van der Waals surface area contributed by atoms with Crippen LogP contribution in [0.3, 0.4) is 0 Å². The molecule has 1 aromatic carbocycles. The lowest BCUT2D eigenvalue weighted by Gasteiger charge is -2.09. The van der Waals surface area contributed by atoms with E-state index in [0.29, 0.717) is 6.42 Å². The molecule has 0 aliphatic carbocycles. The molecule has 0 spiro atoms. The van der Waals surface area contributed by atoms with Gasteiger partial charge in [-0.25, -0.2) is 8.42 Å². The van der Waals surface area contributed by atoms with Crippen LogP contribution >= 0.6 is 0 Å². The molecule has 6 heteroatoms. The van der Waals surface area contributed by atoms with Gasteiger partial charge in [0.1, 0.15) is 5.75 Å². The molecular weight excluding hydrogens is 278 g/mol. The third-order valence-electron chi connectivity index (χ3n) is 2.99. The Hall–Kier alpha value is -1.56. The summed E-state index contributed by atoms with van der Waals surface area (Å²) in [6.07, 6.45) is 3.11. The lowest BCUT2D eigenvalue weighted by Crippen LogP contribution is -2.12. The number of aromatic hydroxyl groups is 1. The third-order valence-corrected chi connectivity index (χ3v) is 4.72. The SMILES string of the molecule is CCCCCC(=O)Nc1cc(S(=O)(=O)CC)ccc1O. The van der Waals surface area contributed by atoms with E-state index in [1.807, 2.05) is 6.92 Å². The lowest BCUT2D eigenvalue weighted by molar-refractivity contribution is -0.116. The van der Waals surface area contributed by atoms with E-state index in [4.69, 9.17) is 0 Å². The average Bonchev–Trinajstić information content (AvgIpc) is 2.41. The molecule has 5 nitrogen and oxygen atoms in total. The smallest absolute Gasteiger partial charge is 0.224 e. The first-order valence-electron chi connectivity index (χ1n) is 6.76. The quantitative estimate of drug-likeness (QED) is 0.599. The van der Waals surface area contributed by atoms with Crippen LogP contribution < -0.4 is 5.32 Å². The molecule has 0 aromatic heterocycles. The van der Waals surface area contributed by atoms with E-state index in [2.05, 4.69) is 5.32 Å². The van der Waals surface area contributed by atoms with Gasteiger partial charge in [-0.2, -0.15) is 0 Å². The van der Waals surface area contributed by atoms with E-state index < -0.39 is 9.84 Å². The number of hydrogen-bond donors (Lipinski definition) is 2. The normalized spacial score (nSPS) is 11.3. The fourth-order valence-corrected chi connectivity index (χ4v) is 2.63. The van der Waals surface area contributed by atoms with Crippen molar-refractivity contribution in [1.29, 1.82) is 0 Å². The number of amides is 1. The lowest BCUT2D eigenvalue weighted by atomic mass is 10.2. The first kappa shape index (κ1) is 16.5. The predicted molar refractivity (Wildman–Crippen MR) is 78.6 cm³/mol. The van der Waals surface area contributed by atoms with Crippen molar-refractivity contribution in [1.82, 2.24) is 0 Å². The van der Waals surface area contributed by atoms with Crippen LogP contribution in [0.5, 0.6) is 5.75 Å². The molecule has 0 unspecified atom stereocenters. The highest BCUT2D eigenvalue weighted by molar-refractivity contribution is 7.91. The molecule has 0 aliphatic heterocycles. The Morgan fingerprint density at radius 1 is 1.25 bits per heavy atom. The summed E-state index contributed by atoms with van der Waals surface area (Å²) in [5, 5.41) is 12.2. The van der Waals surface area contributed by atoms with Crippen LogP contribution in [-0.4, -0.2) is 25.2 Å². The van der Waals surface area contributed by atoms with Crippen LogP contribution in [0.4, 0.5) is 5.69 Å². The zero-order chi connectivity index (χ0) is 15.2. The largest absolute Gasteiger partial charge is 0.506 e. The van der Waals surface area contributed by atoms with Crippen molar-refractivity contribution in [3.05, 3.63) is 18.2 Å². The number of anilines is 1. The number of phenols is 1. The van der Waals surface area contributed by atoms with Crippen LogP contribution in [0.15, 0.2) is 23.1 Å². The standard InChI is InChI=1S/C14H21NO4S/c1-3-5-6-7-14(17)15-12-10-11(8-9-13(12)16)20(18,19)4-2/h8-10,16H,3-7H2,1-2H3,(H,15,17). The van der Waals surface area contributed by atoms with Gasteiger partial charge in [0.2, 0.25) is 5.91 Å². The number of hydrogen-bond acceptors (Lipinski definition) is 4. The highest BCUT2D eigenvalue weighted by Gasteiger charge is 2.15. The number of sulfone groups is 1. The van der Waals surface area contributed by atoms with Crippen molar-refractivity contribution < 1.29 is 18.3 Å². The molecule has 0 fully saturated rings. The van der Waals surface area contributed by atoms with E-state index in [1.165, 1.54) is 18.2 Å². The maximum atomic E-state index is 11.8. The zero-order valence-corrected chi connectivity index (χ0v) is 12.7. The minimum atomic E-state index is -3.36. The molecule has 0 saturated carbocycles. The molecule has 20 heavy (non-hydrogen) atoms. The second-order valence-electron chi connectivity index (χ2n) is 4.59. The second kappa shape index (κ2) is 7.28. The van der Waals surface area contributed by atoms with Crippen LogP contribution in [-0.2, 0) is 14.6 Å². The Kier molecular flexibility index (Phi) is 6.01. The van der Waals surface area contributed by atoms with Gasteiger partial charge < -0.3 is 10.4 Å². The number of phenolic OH excluding ortho intramolecular Hbond substituents is 1. The summed E-state index contributed by atoms with van der Waals surface area (Å²) in [6.45, 7) is 3.59. The number of unbranched alkanes of at least 4 members (excludes halogenated alkanes) is 2. The predicted octanol–water partition coefficient (Wildman–Crippen LogP) is 2.70. The van der Waals surface area contributed by atoms with E-state index in [-0.39, 0.29) is 28.0 Å². The van der Waals surface area contributed by atoms with E-state index >= 15 is 0 Å². The Bertz CT molecular complexity index is 567. The molecule has 0 heterocycles. The maximum Gasteiger partial charge on any atom is 0.224 e. The van der Waals surface area contributed by atoms with Gasteiger partial charge in [0.15, 0.2) is 9.84 Å². The Labute approximate surface area is 119 Å². The van der Waals surface area contributed by atoms with E-state index in [1.54, 1.807) is 6.92 Å². The van der Waals surface area contributed by atoms with Crippen LogP contribution in [0.1, 0.15) is 39.5 Å². The summed E-state index contributed by atoms with van der Waals surface area (Å²) in [6, 6.07) is 3.91. The van der Waals surface area contributed by atoms with Gasteiger partial charge >= 0.3 is 0 Å². The summed E-state index contributed by atoms with van der Waals surface area (Å²) in [5.41, 5.74) is 0.140. The number of carbonyl (C=O) groups excluding carboxylic acids is 1. The molecule has 1 rings (SSSR count). The minimum Gasteiger partial charge on any atom is -0.506 e. The van der Waals surface area contributed by atoms with Gasteiger partial charge in [-0.3, -0.25) is 4.79 Å². The molecule has 1 amide bonds. The highest BCUT2D eigenvalue weighted by Crippen LogP contribution is 2.27. The van der Waals surface area contributed by atoms with Crippen molar-refractivity contribution >= 4 is 21.4 Å². The molecule has 0 aliphatic rings. The van der Waals surface area contributed by atoms with Crippen molar-refractivity contribution in [2.45, 2.75) is 44.4 Å². The monoisotopic (exact) mass is 299 g/mol. The number of benzene rings is 1. The van der Waals surface area contributed by atoms with Gasteiger partial charge in [-0.1, -0.05) is 26.7 Å². The molecule has 1 aromatic rings. The average molecular weight is 299 g/mol. The second-order valence-corrected chi connectivity index (χ2v) is 6.87. The third kappa shape index (κ3) is 4.52. The van der Waals surface area contributed by atoms with E-state index in [0.717, 1.165) is 19.3 Å². The van der Waals surface area contributed by atoms with Crippen LogP contribution in [0, 0.1) is 0 Å². The van der Waals surface area contributed by atoms with E-state index in [9.17, 15) is 18.3 Å². The van der Waals surface area contributed by atoms with Crippen molar-refractivity contribution in [2.75, 3.05) is 11.1 Å². The molecule has 0 saturated heterocycles. The topological polar surface area (TPSA) is 83.5 Å². The minimum absolute atomic E-state index is 0.0261. The maximum absolute atomic E-state index is 11.8. The number of carbonyl (C=O) groups is 1. The molecule has 0 atom stereocenters. The fourth-order valence-electron chi connectivity index (χ4n) is 1.72. The Morgan fingerprint density at radius 2 is 1.95 bits per heavy atom. The number of rotatable bonds is 7. The zero-order valence-electron chi connectivity index (χ0n) is 11.8. The van der Waals surface area contributed by atoms with Gasteiger partial charge in [0.25, 0.3) is 0 Å². The molecule has 0 radical (unpaired) electrons. The first-order valence-corrected chi connectivity index (χ1v) is 8.41. The van der Waals surface area contributed by atoms with Crippen molar-refractivity contribution in [2.24, 2.45) is 0 Å². The Morgan fingerprint density at radius 3 is 2.55 bits per heavy atom. The highest BCUT2D eigenvalue weighted by atomic mass is 32.2. The van der Waals surface area contributed by atoms with Crippen LogP contribution in [0.25, 0.3) is 0 Å². The molecule has 112 valence electrons. The van der Waals surface area contributed by atoms with Gasteiger partial charge in [-0.15, -0.1) is 0 Å². The Balaban J connectivity index is 2.85. The summed E-state index contributed by atoms with van der Waals surface area (Å²) in [5.74, 6) is -0.384. The summed E-state index contributed by atoms with van der Waals surface area (Å²) < 4.78 is 23.5. The van der Waals surface area contributed by atoms with Gasteiger partial charge in [0.05, 0.1) is 16.3 Å². The summed E-state index contributed by atoms with van der Waals surface area (Å²) >= 11 is 0. The molecule has 2 N–H and O–H groups in total. The fraction of sp³-hybridized carbons (Fsp3) is 0.500. The van der Waals surface area contributed by atoms with Gasteiger partial charge in [-0.05, 0) is 24.6 Å². The molecular formula is C14H21NO4S. The van der Waals surface area contributed by atoms with Crippen molar-refractivity contribution in [3.8, 4) is 5.75 Å². The summed E-state index contributed by atoms with van der Waals surface area (Å²) in [4.78, 5) is 11.8. The van der Waals surface area contributed by atoms with Gasteiger partial charge in [0, 0.05) is 6.42 Å². The first-order chi connectivity index (χ1) is 9.40. The molecule has 0 bridgehead atoms. The van der Waals surface area contributed by atoms with Crippen LogP contribution in [0.2, 0.25) is 0 Å². The number of nitrogens with one attached hydrogen (secondary N) is 1. The van der Waals surface area contributed by atoms with Crippen molar-refractivity contribution in [3.63, 3.8) is 0 Å².